The molecular formula is C8H16N4O3S. The predicted molar refractivity (Wildman–Crippen MR) is 60.9 cm³/mol. The second-order valence-electron chi connectivity index (χ2n) is 3.21. The van der Waals surface area contributed by atoms with Crippen LogP contribution in [0.15, 0.2) is 0 Å². The van der Waals surface area contributed by atoms with Gasteiger partial charge in [-0.2, -0.15) is 12.6 Å². The Morgan fingerprint density at radius 3 is 2.25 bits per heavy atom. The van der Waals surface area contributed by atoms with Crippen LogP contribution in [0.4, 0.5) is 0 Å². The molecule has 0 aromatic heterocycles. The van der Waals surface area contributed by atoms with Gasteiger partial charge in [0.25, 0.3) is 0 Å². The van der Waals surface area contributed by atoms with Crippen molar-refractivity contribution in [2.75, 3.05) is 5.75 Å². The van der Waals surface area contributed by atoms with Crippen molar-refractivity contribution < 1.29 is 14.4 Å². The molecule has 2 amide bonds. The molecule has 0 rings (SSSR count). The highest BCUT2D eigenvalue weighted by Crippen LogP contribution is 2.12. The lowest BCUT2D eigenvalue weighted by Gasteiger charge is -2.13. The molecule has 0 radical (unpaired) electrons. The number of rotatable bonds is 7. The molecule has 0 aromatic rings. The van der Waals surface area contributed by atoms with Crippen LogP contribution in [-0.2, 0) is 14.4 Å². The van der Waals surface area contributed by atoms with Gasteiger partial charge in [-0.3, -0.25) is 25.2 Å². The highest BCUT2D eigenvalue weighted by Gasteiger charge is 2.21. The van der Waals surface area contributed by atoms with Crippen molar-refractivity contribution in [3.05, 3.63) is 0 Å². The normalized spacial score (nSPS) is 11.7. The van der Waals surface area contributed by atoms with E-state index in [1.807, 2.05) is 10.9 Å². The quantitative estimate of drug-likeness (QED) is 0.158. The van der Waals surface area contributed by atoms with Gasteiger partial charge in [0.1, 0.15) is 5.78 Å². The number of hydrazine groups is 2. The molecule has 0 saturated carbocycles. The molecule has 1 unspecified atom stereocenters. The zero-order valence-corrected chi connectivity index (χ0v) is 9.63. The van der Waals surface area contributed by atoms with Gasteiger partial charge in [0.2, 0.25) is 11.8 Å². The summed E-state index contributed by atoms with van der Waals surface area (Å²) in [5.74, 6) is 8.25. The summed E-state index contributed by atoms with van der Waals surface area (Å²) in [5.41, 5.74) is 3.90. The number of hydrogen-bond acceptors (Lipinski definition) is 6. The van der Waals surface area contributed by atoms with Gasteiger partial charge in [-0.05, 0) is 6.42 Å². The minimum atomic E-state index is -0.623. The van der Waals surface area contributed by atoms with E-state index in [2.05, 4.69) is 12.6 Å². The Morgan fingerprint density at radius 2 is 1.81 bits per heavy atom. The summed E-state index contributed by atoms with van der Waals surface area (Å²) in [6.45, 7) is 0. The van der Waals surface area contributed by atoms with Gasteiger partial charge in [0.05, 0.1) is 0 Å². The molecule has 7 nitrogen and oxygen atoms in total. The predicted octanol–water partition coefficient (Wildman–Crippen LogP) is -1.75. The molecular weight excluding hydrogens is 232 g/mol. The van der Waals surface area contributed by atoms with Crippen molar-refractivity contribution in [1.29, 1.82) is 0 Å². The van der Waals surface area contributed by atoms with Gasteiger partial charge in [0.15, 0.2) is 0 Å². The van der Waals surface area contributed by atoms with Crippen LogP contribution in [0.25, 0.3) is 0 Å². The Balaban J connectivity index is 4.26. The van der Waals surface area contributed by atoms with Crippen molar-refractivity contribution in [2.45, 2.75) is 19.3 Å². The number of nitrogens with two attached hydrogens (primary N) is 2. The third kappa shape index (κ3) is 5.69. The standard InChI is InChI=1S/C8H16N4O3S/c9-11-7(14)2-1-5(8(15)12-10)3-6(13)4-16/h5,16H,1-4,9-10H2,(H,11,14)(H,12,15). The molecule has 0 heterocycles. The van der Waals surface area contributed by atoms with Crippen LogP contribution in [0.3, 0.4) is 0 Å². The van der Waals surface area contributed by atoms with E-state index in [1.165, 1.54) is 0 Å². The monoisotopic (exact) mass is 248 g/mol. The summed E-state index contributed by atoms with van der Waals surface area (Å²) in [4.78, 5) is 33.3. The van der Waals surface area contributed by atoms with Gasteiger partial charge < -0.3 is 0 Å². The lowest BCUT2D eigenvalue weighted by Crippen LogP contribution is -2.38. The van der Waals surface area contributed by atoms with E-state index >= 15 is 0 Å². The molecule has 0 bridgehead atoms. The zero-order valence-electron chi connectivity index (χ0n) is 8.73. The molecule has 1 atom stereocenters. The van der Waals surface area contributed by atoms with Gasteiger partial charge in [-0.1, -0.05) is 0 Å². The molecule has 0 aliphatic heterocycles. The Labute approximate surface area is 98.7 Å². The second-order valence-corrected chi connectivity index (χ2v) is 3.53. The zero-order chi connectivity index (χ0) is 12.6. The average molecular weight is 248 g/mol. The van der Waals surface area contributed by atoms with Gasteiger partial charge >= 0.3 is 0 Å². The van der Waals surface area contributed by atoms with Crippen LogP contribution in [0.2, 0.25) is 0 Å². The molecule has 0 fully saturated rings. The molecule has 0 aliphatic rings. The van der Waals surface area contributed by atoms with Gasteiger partial charge in [-0.25, -0.2) is 11.7 Å². The van der Waals surface area contributed by atoms with E-state index in [4.69, 9.17) is 11.7 Å². The number of carbonyl (C=O) groups excluding carboxylic acids is 3. The number of hydrogen-bond donors (Lipinski definition) is 5. The maximum Gasteiger partial charge on any atom is 0.237 e. The Bertz CT molecular complexity index is 272. The molecule has 0 spiro atoms. The fraction of sp³-hybridized carbons (Fsp3) is 0.625. The number of Topliss-reactive ketones (excluding diaryl/α,β-unsaturated/α-hetero) is 1. The maximum absolute atomic E-state index is 11.3. The Kier molecular flexibility index (Phi) is 7.52. The largest absolute Gasteiger partial charge is 0.299 e. The molecule has 16 heavy (non-hydrogen) atoms. The number of nitrogens with one attached hydrogen (secondary N) is 2. The van der Waals surface area contributed by atoms with Crippen molar-refractivity contribution in [2.24, 2.45) is 17.6 Å². The summed E-state index contributed by atoms with van der Waals surface area (Å²) in [6.07, 6.45) is 0.296. The van der Waals surface area contributed by atoms with Crippen LogP contribution in [0.1, 0.15) is 19.3 Å². The average Bonchev–Trinajstić information content (AvgIpc) is 2.32. The summed E-state index contributed by atoms with van der Waals surface area (Å²) < 4.78 is 0. The van der Waals surface area contributed by atoms with E-state index in [9.17, 15) is 14.4 Å². The van der Waals surface area contributed by atoms with Crippen molar-refractivity contribution in [3.8, 4) is 0 Å². The smallest absolute Gasteiger partial charge is 0.237 e. The molecule has 8 heteroatoms. The molecule has 6 N–H and O–H groups in total. The minimum Gasteiger partial charge on any atom is -0.299 e. The fourth-order valence-electron chi connectivity index (χ4n) is 1.16. The second kappa shape index (κ2) is 8.08. The first-order valence-corrected chi connectivity index (χ1v) is 5.30. The van der Waals surface area contributed by atoms with Crippen LogP contribution >= 0.6 is 12.6 Å². The van der Waals surface area contributed by atoms with Crippen LogP contribution < -0.4 is 22.5 Å². The molecule has 0 aliphatic carbocycles. The lowest BCUT2D eigenvalue weighted by atomic mass is 9.96. The third-order valence-electron chi connectivity index (χ3n) is 2.04. The first-order valence-electron chi connectivity index (χ1n) is 4.67. The van der Waals surface area contributed by atoms with E-state index in [0.29, 0.717) is 0 Å². The van der Waals surface area contributed by atoms with Crippen molar-refractivity contribution in [1.82, 2.24) is 10.9 Å². The van der Waals surface area contributed by atoms with Crippen LogP contribution in [0, 0.1) is 5.92 Å². The number of carbonyl (C=O) groups is 3. The highest BCUT2D eigenvalue weighted by atomic mass is 32.1. The summed E-state index contributed by atoms with van der Waals surface area (Å²) in [5, 5.41) is 0. The SMILES string of the molecule is NNC(=O)CCC(CC(=O)CS)C(=O)NN. The lowest BCUT2D eigenvalue weighted by molar-refractivity contribution is -0.129. The molecule has 0 aromatic carbocycles. The summed E-state index contributed by atoms with van der Waals surface area (Å²) in [7, 11) is 0. The van der Waals surface area contributed by atoms with E-state index in [1.54, 1.807) is 0 Å². The third-order valence-corrected chi connectivity index (χ3v) is 2.40. The van der Waals surface area contributed by atoms with Crippen LogP contribution in [0.5, 0.6) is 0 Å². The number of thiol groups is 1. The van der Waals surface area contributed by atoms with Gasteiger partial charge in [0, 0.05) is 24.5 Å². The Morgan fingerprint density at radius 1 is 1.19 bits per heavy atom. The Hall–Kier alpha value is -1.12. The first-order chi connectivity index (χ1) is 7.54. The van der Waals surface area contributed by atoms with E-state index in [-0.39, 0.29) is 30.8 Å². The van der Waals surface area contributed by atoms with Crippen molar-refractivity contribution >= 4 is 30.2 Å². The number of ketones is 1. The first kappa shape index (κ1) is 14.9. The fourth-order valence-corrected chi connectivity index (χ4v) is 1.29. The molecule has 0 saturated heterocycles. The van der Waals surface area contributed by atoms with Gasteiger partial charge in [-0.15, -0.1) is 0 Å². The summed E-state index contributed by atoms with van der Waals surface area (Å²) >= 11 is 3.80. The van der Waals surface area contributed by atoms with Crippen LogP contribution in [-0.4, -0.2) is 23.4 Å². The summed E-state index contributed by atoms with van der Waals surface area (Å²) in [6, 6.07) is 0. The van der Waals surface area contributed by atoms with E-state index < -0.39 is 17.7 Å². The number of amides is 2. The maximum atomic E-state index is 11.3. The molecule has 92 valence electrons. The minimum absolute atomic E-state index is 0.0182. The topological polar surface area (TPSA) is 127 Å². The highest BCUT2D eigenvalue weighted by molar-refractivity contribution is 7.81. The van der Waals surface area contributed by atoms with Crippen molar-refractivity contribution in [3.63, 3.8) is 0 Å². The van der Waals surface area contributed by atoms with E-state index in [0.717, 1.165) is 0 Å².